The molecule has 0 aliphatic carbocycles. The number of unbranched alkanes of at least 4 members (excludes halogenated alkanes) is 1. The Morgan fingerprint density at radius 1 is 0.920 bits per heavy atom. The lowest BCUT2D eigenvalue weighted by Gasteiger charge is -2.13. The third-order valence-electron chi connectivity index (χ3n) is 4.55. The summed E-state index contributed by atoms with van der Waals surface area (Å²) in [5, 5.41) is 5.43. The number of aromatic nitrogens is 2. The molecule has 6 nitrogen and oxygen atoms in total. The van der Waals surface area contributed by atoms with E-state index in [1.165, 1.54) is 4.90 Å². The lowest BCUT2D eigenvalue weighted by Crippen LogP contribution is -2.30. The zero-order valence-electron chi connectivity index (χ0n) is 13.7. The van der Waals surface area contributed by atoms with Crippen molar-refractivity contribution in [1.29, 1.82) is 0 Å². The van der Waals surface area contributed by atoms with E-state index >= 15 is 0 Å². The van der Waals surface area contributed by atoms with E-state index in [9.17, 15) is 9.59 Å². The number of carbonyl (C=O) groups is 2. The lowest BCUT2D eigenvalue weighted by atomic mass is 10.1. The number of anilines is 1. The summed E-state index contributed by atoms with van der Waals surface area (Å²) in [5.41, 5.74) is 8.55. The molecule has 0 fully saturated rings. The first-order valence-corrected chi connectivity index (χ1v) is 8.31. The van der Waals surface area contributed by atoms with Crippen molar-refractivity contribution in [3.05, 3.63) is 59.8 Å². The fourth-order valence-electron chi connectivity index (χ4n) is 3.24. The number of hydrogen-bond donors (Lipinski definition) is 1. The highest BCUT2D eigenvalue weighted by molar-refractivity contribution is 6.21. The summed E-state index contributed by atoms with van der Waals surface area (Å²) >= 11 is 0. The second-order valence-electron chi connectivity index (χ2n) is 6.20. The van der Waals surface area contributed by atoms with E-state index in [0.29, 0.717) is 23.4 Å². The highest BCUT2D eigenvalue weighted by Gasteiger charge is 2.34. The predicted molar refractivity (Wildman–Crippen MR) is 95.2 cm³/mol. The average molecular weight is 334 g/mol. The molecule has 2 heterocycles. The van der Waals surface area contributed by atoms with Crippen LogP contribution in [-0.2, 0) is 6.54 Å². The topological polar surface area (TPSA) is 81.2 Å². The van der Waals surface area contributed by atoms with Crippen LogP contribution in [-0.4, -0.2) is 33.0 Å². The standard InChI is InChI=1S/C19H18N4O2/c20-14-8-7-13-12-21-23(17(13)11-14)10-4-3-9-22-18(24)15-5-1-2-6-16(15)19(22)25/h1-2,5-8,11-12H,3-4,9-10,20H2. The number of fused-ring (bicyclic) bond motifs is 2. The largest absolute Gasteiger partial charge is 0.399 e. The summed E-state index contributed by atoms with van der Waals surface area (Å²) in [4.78, 5) is 26.0. The maximum Gasteiger partial charge on any atom is 0.261 e. The highest BCUT2D eigenvalue weighted by atomic mass is 16.2. The van der Waals surface area contributed by atoms with Crippen molar-refractivity contribution in [1.82, 2.24) is 14.7 Å². The van der Waals surface area contributed by atoms with Crippen LogP contribution in [0.4, 0.5) is 5.69 Å². The van der Waals surface area contributed by atoms with Crippen molar-refractivity contribution in [2.75, 3.05) is 12.3 Å². The Kier molecular flexibility index (Phi) is 3.72. The number of nitrogens with zero attached hydrogens (tertiary/aromatic N) is 3. The Bertz CT molecular complexity index is 941. The third-order valence-corrected chi connectivity index (χ3v) is 4.55. The van der Waals surface area contributed by atoms with Gasteiger partial charge >= 0.3 is 0 Å². The third kappa shape index (κ3) is 2.65. The maximum absolute atomic E-state index is 12.3. The van der Waals surface area contributed by atoms with E-state index < -0.39 is 0 Å². The minimum atomic E-state index is -0.196. The van der Waals surface area contributed by atoms with Gasteiger partial charge < -0.3 is 5.73 Å². The maximum atomic E-state index is 12.3. The monoisotopic (exact) mass is 334 g/mol. The molecule has 2 aromatic carbocycles. The first kappa shape index (κ1) is 15.4. The van der Waals surface area contributed by atoms with Crippen molar-refractivity contribution in [3.8, 4) is 0 Å². The number of nitrogen functional groups attached to an aromatic ring is 1. The Balaban J connectivity index is 1.38. The lowest BCUT2D eigenvalue weighted by molar-refractivity contribution is 0.0651. The van der Waals surface area contributed by atoms with Crippen LogP contribution in [0, 0.1) is 0 Å². The van der Waals surface area contributed by atoms with Gasteiger partial charge in [0.05, 0.1) is 22.8 Å². The van der Waals surface area contributed by atoms with E-state index in [1.54, 1.807) is 24.3 Å². The quantitative estimate of drug-likeness (QED) is 0.442. The van der Waals surface area contributed by atoms with Crippen molar-refractivity contribution in [2.24, 2.45) is 0 Å². The number of aryl methyl sites for hydroxylation is 1. The van der Waals surface area contributed by atoms with Crippen LogP contribution < -0.4 is 5.73 Å². The number of imide groups is 1. The molecule has 0 unspecified atom stereocenters. The Hall–Kier alpha value is -3.15. The molecule has 3 aromatic rings. The summed E-state index contributed by atoms with van der Waals surface area (Å²) in [6.07, 6.45) is 3.37. The van der Waals surface area contributed by atoms with Gasteiger partial charge in [-0.2, -0.15) is 5.10 Å². The van der Waals surface area contributed by atoms with Gasteiger partial charge in [0.25, 0.3) is 11.8 Å². The van der Waals surface area contributed by atoms with Gasteiger partial charge in [0.15, 0.2) is 0 Å². The van der Waals surface area contributed by atoms with Crippen molar-refractivity contribution >= 4 is 28.4 Å². The van der Waals surface area contributed by atoms with Crippen molar-refractivity contribution < 1.29 is 9.59 Å². The molecule has 1 aliphatic rings. The number of carbonyl (C=O) groups excluding carboxylic acids is 2. The molecule has 6 heteroatoms. The number of nitrogens with two attached hydrogens (primary N) is 1. The fourth-order valence-corrected chi connectivity index (χ4v) is 3.24. The minimum Gasteiger partial charge on any atom is -0.399 e. The molecule has 2 amide bonds. The number of benzene rings is 2. The molecule has 1 aliphatic heterocycles. The minimum absolute atomic E-state index is 0.196. The van der Waals surface area contributed by atoms with Crippen LogP contribution in [0.2, 0.25) is 0 Å². The van der Waals surface area contributed by atoms with E-state index in [-0.39, 0.29) is 11.8 Å². The summed E-state index contributed by atoms with van der Waals surface area (Å²) in [5.74, 6) is -0.393. The molecule has 0 atom stereocenters. The van der Waals surface area contributed by atoms with Gasteiger partial charge in [-0.1, -0.05) is 12.1 Å². The molecule has 0 bridgehead atoms. The molecule has 0 saturated heterocycles. The molecule has 0 saturated carbocycles. The second-order valence-corrected chi connectivity index (χ2v) is 6.20. The van der Waals surface area contributed by atoms with Gasteiger partial charge in [0.1, 0.15) is 0 Å². The summed E-state index contributed by atoms with van der Waals surface area (Å²) < 4.78 is 1.91. The summed E-state index contributed by atoms with van der Waals surface area (Å²) in [6, 6.07) is 12.7. The Labute approximate surface area is 144 Å². The number of amides is 2. The highest BCUT2D eigenvalue weighted by Crippen LogP contribution is 2.23. The second kappa shape index (κ2) is 6.05. The summed E-state index contributed by atoms with van der Waals surface area (Å²) in [6.45, 7) is 1.14. The van der Waals surface area contributed by atoms with Crippen LogP contribution in [0.5, 0.6) is 0 Å². The molecule has 0 spiro atoms. The van der Waals surface area contributed by atoms with Gasteiger partial charge in [-0.05, 0) is 43.2 Å². The number of hydrogen-bond acceptors (Lipinski definition) is 4. The zero-order chi connectivity index (χ0) is 17.4. The molecular weight excluding hydrogens is 316 g/mol. The SMILES string of the molecule is Nc1ccc2cnn(CCCCN3C(=O)c4ccccc4C3=O)c2c1. The molecule has 1 aromatic heterocycles. The van der Waals surface area contributed by atoms with E-state index in [1.807, 2.05) is 29.1 Å². The molecule has 2 N–H and O–H groups in total. The Morgan fingerprint density at radius 2 is 1.60 bits per heavy atom. The van der Waals surface area contributed by atoms with Gasteiger partial charge in [-0.3, -0.25) is 19.2 Å². The van der Waals surface area contributed by atoms with Crippen molar-refractivity contribution in [3.63, 3.8) is 0 Å². The van der Waals surface area contributed by atoms with E-state index in [2.05, 4.69) is 5.10 Å². The molecule has 4 rings (SSSR count). The van der Waals surface area contributed by atoms with E-state index in [4.69, 9.17) is 5.73 Å². The normalized spacial score (nSPS) is 13.7. The van der Waals surface area contributed by atoms with Gasteiger partial charge in [0.2, 0.25) is 0 Å². The van der Waals surface area contributed by atoms with Crippen molar-refractivity contribution in [2.45, 2.75) is 19.4 Å². The average Bonchev–Trinajstić information content (AvgIpc) is 3.12. The predicted octanol–water partition coefficient (Wildman–Crippen LogP) is 2.69. The van der Waals surface area contributed by atoms with Gasteiger partial charge in [0, 0.05) is 24.2 Å². The molecule has 126 valence electrons. The van der Waals surface area contributed by atoms with E-state index in [0.717, 1.165) is 30.3 Å². The van der Waals surface area contributed by atoms with Gasteiger partial charge in [-0.25, -0.2) is 0 Å². The fraction of sp³-hybridized carbons (Fsp3) is 0.211. The van der Waals surface area contributed by atoms with Crippen LogP contribution in [0.15, 0.2) is 48.7 Å². The van der Waals surface area contributed by atoms with Crippen LogP contribution >= 0.6 is 0 Å². The van der Waals surface area contributed by atoms with Crippen LogP contribution in [0.1, 0.15) is 33.6 Å². The summed E-state index contributed by atoms with van der Waals surface area (Å²) in [7, 11) is 0. The smallest absolute Gasteiger partial charge is 0.261 e. The Morgan fingerprint density at radius 3 is 2.32 bits per heavy atom. The molecular formula is C19H18N4O2. The number of rotatable bonds is 5. The molecule has 25 heavy (non-hydrogen) atoms. The van der Waals surface area contributed by atoms with Crippen LogP contribution in [0.25, 0.3) is 10.9 Å². The first-order valence-electron chi connectivity index (χ1n) is 8.31. The first-order chi connectivity index (χ1) is 12.1. The molecule has 0 radical (unpaired) electrons. The zero-order valence-corrected chi connectivity index (χ0v) is 13.7. The van der Waals surface area contributed by atoms with Crippen LogP contribution in [0.3, 0.4) is 0 Å². The van der Waals surface area contributed by atoms with Gasteiger partial charge in [-0.15, -0.1) is 0 Å².